The highest BCUT2D eigenvalue weighted by molar-refractivity contribution is 14.2. The molecule has 200 valence electrons. The van der Waals surface area contributed by atoms with Gasteiger partial charge in [0.1, 0.15) is 5.58 Å². The van der Waals surface area contributed by atoms with Crippen LogP contribution in [0.3, 0.4) is 0 Å². The maximum atomic E-state index is 11.4. The third-order valence-electron chi connectivity index (χ3n) is 7.06. The van der Waals surface area contributed by atoms with Gasteiger partial charge in [-0.15, -0.1) is 0 Å². The van der Waals surface area contributed by atoms with E-state index < -0.39 is 5.91 Å². The van der Waals surface area contributed by atoms with Crippen molar-refractivity contribution in [3.63, 3.8) is 0 Å². The van der Waals surface area contributed by atoms with E-state index in [-0.39, 0.29) is 5.76 Å². The molecule has 1 amide bonds. The standard InChI is InChI=1S/C29H37N3O2.CH3IS/c1-4-22-10-9-21(3)26(18-22)23(5-2)8-6-7-13-31-14-16-32(17-15-31)25-11-12-27-24(19-25)20-28(34-27)29(30)33;1-3-2/h5,9-12,18-20H,4,6-8,13-17H2,1-3H3,(H2,30,33);1H3/b23-5-;. The van der Waals surface area contributed by atoms with Gasteiger partial charge in [0.05, 0.1) is 0 Å². The Balaban J connectivity index is 0.00000121. The third kappa shape index (κ3) is 8.26. The number of halogens is 1. The zero-order valence-corrected chi connectivity index (χ0v) is 25.5. The molecule has 2 aromatic carbocycles. The molecule has 2 heterocycles. The molecule has 1 aliphatic rings. The topological polar surface area (TPSA) is 62.7 Å². The van der Waals surface area contributed by atoms with Gasteiger partial charge in [-0.2, -0.15) is 0 Å². The number of carbonyl (C=O) groups is 1. The first-order valence-electron chi connectivity index (χ1n) is 13.1. The van der Waals surface area contributed by atoms with Crippen LogP contribution in [0.5, 0.6) is 0 Å². The molecular weight excluding hydrogens is 593 g/mol. The van der Waals surface area contributed by atoms with E-state index in [1.54, 1.807) is 15.0 Å². The van der Waals surface area contributed by atoms with Crippen molar-refractivity contribution >= 4 is 58.3 Å². The first kappa shape index (κ1) is 29.6. The maximum Gasteiger partial charge on any atom is 0.284 e. The zero-order valence-electron chi connectivity index (χ0n) is 22.6. The first-order chi connectivity index (χ1) is 17.9. The molecule has 3 aromatic rings. The quantitative estimate of drug-likeness (QED) is 0.195. The second-order valence-electron chi connectivity index (χ2n) is 9.45. The van der Waals surface area contributed by atoms with E-state index in [9.17, 15) is 4.79 Å². The molecule has 37 heavy (non-hydrogen) atoms. The summed E-state index contributed by atoms with van der Waals surface area (Å²) in [4.78, 5) is 16.4. The van der Waals surface area contributed by atoms with Crippen LogP contribution in [0.1, 0.15) is 60.4 Å². The van der Waals surface area contributed by atoms with E-state index in [1.165, 1.54) is 40.8 Å². The minimum absolute atomic E-state index is 0.214. The second-order valence-corrected chi connectivity index (χ2v) is 12.4. The predicted molar refractivity (Wildman–Crippen MR) is 169 cm³/mol. The van der Waals surface area contributed by atoms with E-state index in [1.807, 2.05) is 12.3 Å². The molecule has 2 N–H and O–H groups in total. The van der Waals surface area contributed by atoms with Crippen LogP contribution in [0.4, 0.5) is 5.69 Å². The van der Waals surface area contributed by atoms with Crippen LogP contribution in [-0.2, 0) is 6.42 Å². The van der Waals surface area contributed by atoms with E-state index >= 15 is 0 Å². The summed E-state index contributed by atoms with van der Waals surface area (Å²) in [5, 5.41) is 0.924. The molecule has 1 aliphatic heterocycles. The average Bonchev–Trinajstić information content (AvgIpc) is 3.34. The molecule has 0 bridgehead atoms. The molecule has 5 nitrogen and oxygen atoms in total. The number of hydrogen-bond donors (Lipinski definition) is 1. The lowest BCUT2D eigenvalue weighted by atomic mass is 9.93. The van der Waals surface area contributed by atoms with Crippen molar-refractivity contribution in [2.75, 3.05) is 43.9 Å². The SMILES string of the molecule is C/C=C(/CCCCN1CCN(c2ccc3oc(C(N)=O)cc3c2)CC1)c1cc(CC)ccc1C.CSI. The fraction of sp³-hybridized carbons (Fsp3) is 0.433. The Morgan fingerprint density at radius 3 is 2.49 bits per heavy atom. The molecule has 0 unspecified atom stereocenters. The summed E-state index contributed by atoms with van der Waals surface area (Å²) in [6.45, 7) is 11.9. The van der Waals surface area contributed by atoms with Crippen LogP contribution >= 0.6 is 30.1 Å². The number of anilines is 1. The Labute approximate surface area is 238 Å². The van der Waals surface area contributed by atoms with Crippen LogP contribution in [0.25, 0.3) is 16.5 Å². The largest absolute Gasteiger partial charge is 0.451 e. The maximum absolute atomic E-state index is 11.4. The van der Waals surface area contributed by atoms with Gasteiger partial charge in [-0.05, 0) is 120 Å². The van der Waals surface area contributed by atoms with Crippen molar-refractivity contribution in [3.05, 3.63) is 71.0 Å². The fourth-order valence-corrected chi connectivity index (χ4v) is 4.90. The van der Waals surface area contributed by atoms with Gasteiger partial charge in [0.2, 0.25) is 0 Å². The van der Waals surface area contributed by atoms with Crippen molar-refractivity contribution in [1.29, 1.82) is 0 Å². The number of hydrogen-bond acceptors (Lipinski definition) is 5. The summed E-state index contributed by atoms with van der Waals surface area (Å²) in [5.74, 6) is -0.316. The number of amides is 1. The molecule has 7 heteroatoms. The molecule has 0 saturated carbocycles. The molecule has 1 saturated heterocycles. The number of aryl methyl sites for hydroxylation is 2. The highest BCUT2D eigenvalue weighted by atomic mass is 127. The van der Waals surface area contributed by atoms with Gasteiger partial charge in [-0.25, -0.2) is 0 Å². The average molecular weight is 634 g/mol. The molecule has 0 radical (unpaired) electrons. The van der Waals surface area contributed by atoms with Crippen LogP contribution in [-0.4, -0.2) is 49.8 Å². The fourth-order valence-electron chi connectivity index (χ4n) is 4.90. The summed E-state index contributed by atoms with van der Waals surface area (Å²) in [6.07, 6.45) is 8.99. The Kier molecular flexibility index (Phi) is 11.9. The minimum Gasteiger partial charge on any atom is -0.451 e. The Bertz CT molecular complexity index is 1200. The van der Waals surface area contributed by atoms with Crippen LogP contribution in [0, 0.1) is 6.92 Å². The molecule has 1 fully saturated rings. The molecule has 1 aromatic heterocycles. The van der Waals surface area contributed by atoms with Crippen LogP contribution in [0.2, 0.25) is 0 Å². The Morgan fingerprint density at radius 2 is 1.84 bits per heavy atom. The molecular formula is C30H40IN3O2S. The predicted octanol–water partition coefficient (Wildman–Crippen LogP) is 7.50. The normalized spacial score (nSPS) is 14.5. The summed E-state index contributed by atoms with van der Waals surface area (Å²) in [6, 6.07) is 14.7. The number of nitrogens with zero attached hydrogens (tertiary/aromatic N) is 2. The monoisotopic (exact) mass is 633 g/mol. The van der Waals surface area contributed by atoms with Crippen molar-refractivity contribution in [2.24, 2.45) is 5.73 Å². The second kappa shape index (κ2) is 14.8. The summed E-state index contributed by atoms with van der Waals surface area (Å²) in [5.41, 5.74) is 12.9. The van der Waals surface area contributed by atoms with Crippen molar-refractivity contribution < 1.29 is 9.21 Å². The number of unbranched alkanes of at least 4 members (excludes halogenated alkanes) is 1. The molecule has 4 rings (SSSR count). The number of nitrogens with two attached hydrogens (primary N) is 1. The minimum atomic E-state index is -0.530. The first-order valence-corrected chi connectivity index (χ1v) is 16.9. The summed E-state index contributed by atoms with van der Waals surface area (Å²) in [7, 11) is 1.72. The number of rotatable bonds is 9. The van der Waals surface area contributed by atoms with Crippen molar-refractivity contribution in [3.8, 4) is 0 Å². The third-order valence-corrected chi connectivity index (χ3v) is 7.06. The molecule has 0 atom stereocenters. The highest BCUT2D eigenvalue weighted by Crippen LogP contribution is 2.27. The van der Waals surface area contributed by atoms with E-state index in [2.05, 4.69) is 88.2 Å². The molecule has 0 spiro atoms. The smallest absolute Gasteiger partial charge is 0.284 e. The van der Waals surface area contributed by atoms with Gasteiger partial charge in [0, 0.05) is 37.3 Å². The number of furan rings is 1. The number of carbonyl (C=O) groups excluding carboxylic acids is 1. The van der Waals surface area contributed by atoms with Crippen molar-refractivity contribution in [2.45, 2.75) is 46.5 Å². The lowest BCUT2D eigenvalue weighted by Gasteiger charge is -2.36. The van der Waals surface area contributed by atoms with Gasteiger partial charge in [-0.1, -0.05) is 40.1 Å². The van der Waals surface area contributed by atoms with Gasteiger partial charge in [0.15, 0.2) is 5.76 Å². The van der Waals surface area contributed by atoms with Gasteiger partial charge in [-0.3, -0.25) is 9.69 Å². The van der Waals surface area contributed by atoms with Crippen LogP contribution in [0.15, 0.2) is 53.0 Å². The zero-order chi connectivity index (χ0) is 26.8. The number of primary amides is 1. The van der Waals surface area contributed by atoms with Gasteiger partial charge < -0.3 is 15.1 Å². The number of piperazine rings is 1. The van der Waals surface area contributed by atoms with Gasteiger partial charge in [0.25, 0.3) is 5.91 Å². The van der Waals surface area contributed by atoms with E-state index in [4.69, 9.17) is 10.2 Å². The van der Waals surface area contributed by atoms with Gasteiger partial charge >= 0.3 is 0 Å². The van der Waals surface area contributed by atoms with Crippen molar-refractivity contribution in [1.82, 2.24) is 4.90 Å². The summed E-state index contributed by atoms with van der Waals surface area (Å²) < 4.78 is 5.51. The van der Waals surface area contributed by atoms with E-state index in [0.717, 1.165) is 51.0 Å². The summed E-state index contributed by atoms with van der Waals surface area (Å²) >= 11 is 2.20. The number of allylic oxidation sites excluding steroid dienone is 2. The molecule has 0 aliphatic carbocycles. The van der Waals surface area contributed by atoms with Crippen LogP contribution < -0.4 is 10.6 Å². The lowest BCUT2D eigenvalue weighted by Crippen LogP contribution is -2.46. The lowest BCUT2D eigenvalue weighted by molar-refractivity contribution is 0.0976. The number of benzene rings is 2. The van der Waals surface area contributed by atoms with E-state index in [0.29, 0.717) is 5.58 Å². The highest BCUT2D eigenvalue weighted by Gasteiger charge is 2.18. The number of fused-ring (bicyclic) bond motifs is 1. The Hall–Kier alpha value is -1.97. The Morgan fingerprint density at radius 1 is 1.11 bits per heavy atom.